The highest BCUT2D eigenvalue weighted by Crippen LogP contribution is 2.47. The van der Waals surface area contributed by atoms with E-state index in [1.165, 1.54) is 0 Å². The zero-order valence-electron chi connectivity index (χ0n) is 10.1. The maximum atomic E-state index is 12.4. The second kappa shape index (κ2) is 5.47. The number of hydrogen-bond acceptors (Lipinski definition) is 2. The lowest BCUT2D eigenvalue weighted by atomic mass is 9.80. The molecule has 0 radical (unpaired) electrons. The molecule has 0 amide bonds. The molecule has 0 aliphatic heterocycles. The van der Waals surface area contributed by atoms with Gasteiger partial charge in [0.25, 0.3) is 5.60 Å². The molecule has 0 aromatic carbocycles. The summed E-state index contributed by atoms with van der Waals surface area (Å²) >= 11 is 0. The summed E-state index contributed by atoms with van der Waals surface area (Å²) in [4.78, 5) is 0. The number of aliphatic hydroxyl groups is 2. The monoisotopic (exact) mass is 294 g/mol. The summed E-state index contributed by atoms with van der Waals surface area (Å²) in [6.45, 7) is 0. The maximum absolute atomic E-state index is 12.4. The molecule has 19 heavy (non-hydrogen) atoms. The molecule has 114 valence electrons. The number of alkyl halides is 6. The van der Waals surface area contributed by atoms with Gasteiger partial charge in [-0.3, -0.25) is 0 Å². The van der Waals surface area contributed by atoms with E-state index in [0.717, 1.165) is 6.42 Å². The van der Waals surface area contributed by atoms with Crippen molar-refractivity contribution in [1.29, 1.82) is 0 Å². The SMILES string of the molecule is OC(CC(O)(C(F)(F)F)C(F)(F)F)C1CCCCC1. The second-order valence-corrected chi connectivity index (χ2v) is 5.03. The molecular weight excluding hydrogens is 278 g/mol. The molecule has 0 spiro atoms. The van der Waals surface area contributed by atoms with Crippen molar-refractivity contribution >= 4 is 0 Å². The first-order valence-electron chi connectivity index (χ1n) is 6.03. The summed E-state index contributed by atoms with van der Waals surface area (Å²) < 4.78 is 74.7. The highest BCUT2D eigenvalue weighted by Gasteiger charge is 2.70. The van der Waals surface area contributed by atoms with Crippen LogP contribution in [0.1, 0.15) is 38.5 Å². The number of halogens is 6. The van der Waals surface area contributed by atoms with Crippen molar-refractivity contribution < 1.29 is 36.6 Å². The first-order chi connectivity index (χ1) is 8.49. The number of rotatable bonds is 3. The molecule has 1 unspecified atom stereocenters. The van der Waals surface area contributed by atoms with E-state index in [1.54, 1.807) is 0 Å². The average molecular weight is 294 g/mol. The van der Waals surface area contributed by atoms with Crippen molar-refractivity contribution in [2.75, 3.05) is 0 Å². The Morgan fingerprint density at radius 3 is 1.68 bits per heavy atom. The molecule has 1 atom stereocenters. The Labute approximate surface area is 106 Å². The summed E-state index contributed by atoms with van der Waals surface area (Å²) in [5.74, 6) is -0.620. The average Bonchev–Trinajstić information content (AvgIpc) is 2.27. The molecule has 1 aliphatic carbocycles. The summed E-state index contributed by atoms with van der Waals surface area (Å²) in [5, 5.41) is 18.6. The quantitative estimate of drug-likeness (QED) is 0.785. The van der Waals surface area contributed by atoms with Crippen LogP contribution in [-0.2, 0) is 0 Å². The fourth-order valence-corrected chi connectivity index (χ4v) is 2.38. The molecule has 0 aromatic heterocycles. The molecule has 0 saturated heterocycles. The Balaban J connectivity index is 2.84. The lowest BCUT2D eigenvalue weighted by molar-refractivity contribution is -0.375. The van der Waals surface area contributed by atoms with Gasteiger partial charge in [0.2, 0.25) is 0 Å². The van der Waals surface area contributed by atoms with Crippen LogP contribution in [0, 0.1) is 5.92 Å². The highest BCUT2D eigenvalue weighted by atomic mass is 19.4. The topological polar surface area (TPSA) is 40.5 Å². The first-order valence-corrected chi connectivity index (χ1v) is 6.03. The van der Waals surface area contributed by atoms with Crippen molar-refractivity contribution in [3.8, 4) is 0 Å². The van der Waals surface area contributed by atoms with E-state index in [1.807, 2.05) is 0 Å². The molecule has 1 rings (SSSR count). The molecule has 1 fully saturated rings. The van der Waals surface area contributed by atoms with Gasteiger partial charge in [-0.15, -0.1) is 0 Å². The van der Waals surface area contributed by atoms with E-state index in [-0.39, 0.29) is 0 Å². The van der Waals surface area contributed by atoms with Crippen LogP contribution in [-0.4, -0.2) is 34.3 Å². The zero-order valence-corrected chi connectivity index (χ0v) is 10.1. The van der Waals surface area contributed by atoms with Crippen molar-refractivity contribution in [1.82, 2.24) is 0 Å². The smallest absolute Gasteiger partial charge is 0.393 e. The lowest BCUT2D eigenvalue weighted by Crippen LogP contribution is -2.59. The molecule has 0 aromatic rings. The second-order valence-electron chi connectivity index (χ2n) is 5.03. The fourth-order valence-electron chi connectivity index (χ4n) is 2.38. The minimum atomic E-state index is -5.86. The van der Waals surface area contributed by atoms with Crippen molar-refractivity contribution in [3.05, 3.63) is 0 Å². The molecular formula is C11H16F6O2. The van der Waals surface area contributed by atoms with Crippen molar-refractivity contribution in [2.24, 2.45) is 5.92 Å². The van der Waals surface area contributed by atoms with Crippen molar-refractivity contribution in [2.45, 2.75) is 62.6 Å². The van der Waals surface area contributed by atoms with E-state index in [4.69, 9.17) is 5.11 Å². The van der Waals surface area contributed by atoms with Crippen LogP contribution < -0.4 is 0 Å². The minimum Gasteiger partial charge on any atom is -0.393 e. The van der Waals surface area contributed by atoms with Gasteiger partial charge in [0, 0.05) is 6.42 Å². The Bertz CT molecular complexity index is 279. The number of aliphatic hydroxyl groups excluding tert-OH is 1. The summed E-state index contributed by atoms with van der Waals surface area (Å²) in [5.41, 5.74) is -4.85. The van der Waals surface area contributed by atoms with Gasteiger partial charge in [0.1, 0.15) is 0 Å². The van der Waals surface area contributed by atoms with E-state index >= 15 is 0 Å². The van der Waals surface area contributed by atoms with Crippen LogP contribution in [0.2, 0.25) is 0 Å². The van der Waals surface area contributed by atoms with E-state index < -0.39 is 36.4 Å². The van der Waals surface area contributed by atoms with Crippen LogP contribution in [0.4, 0.5) is 26.3 Å². The third kappa shape index (κ3) is 3.53. The van der Waals surface area contributed by atoms with Crippen LogP contribution in [0.15, 0.2) is 0 Å². The molecule has 1 aliphatic rings. The third-order valence-electron chi connectivity index (χ3n) is 3.64. The highest BCUT2D eigenvalue weighted by molar-refractivity contribution is 4.96. The van der Waals surface area contributed by atoms with Gasteiger partial charge in [-0.25, -0.2) is 0 Å². The predicted octanol–water partition coefficient (Wildman–Crippen LogP) is 3.17. The van der Waals surface area contributed by atoms with Gasteiger partial charge < -0.3 is 10.2 Å². The Morgan fingerprint density at radius 2 is 1.32 bits per heavy atom. The normalized spacial score (nSPS) is 21.5. The van der Waals surface area contributed by atoms with Crippen LogP contribution in [0.3, 0.4) is 0 Å². The van der Waals surface area contributed by atoms with Gasteiger partial charge in [0.15, 0.2) is 0 Å². The van der Waals surface area contributed by atoms with Gasteiger partial charge >= 0.3 is 12.4 Å². The lowest BCUT2D eigenvalue weighted by Gasteiger charge is -2.36. The molecule has 8 heteroatoms. The van der Waals surface area contributed by atoms with E-state index in [9.17, 15) is 31.4 Å². The Kier molecular flexibility index (Phi) is 4.77. The Hall–Kier alpha value is -0.500. The summed E-state index contributed by atoms with van der Waals surface area (Å²) in [6, 6.07) is 0. The van der Waals surface area contributed by atoms with Gasteiger partial charge in [-0.2, -0.15) is 26.3 Å². The van der Waals surface area contributed by atoms with Crippen molar-refractivity contribution in [3.63, 3.8) is 0 Å². The molecule has 0 heterocycles. The maximum Gasteiger partial charge on any atom is 0.426 e. The van der Waals surface area contributed by atoms with Crippen LogP contribution in [0.5, 0.6) is 0 Å². The predicted molar refractivity (Wildman–Crippen MR) is 54.3 cm³/mol. The molecule has 0 bridgehead atoms. The Morgan fingerprint density at radius 1 is 0.895 bits per heavy atom. The van der Waals surface area contributed by atoms with Crippen LogP contribution >= 0.6 is 0 Å². The third-order valence-corrected chi connectivity index (χ3v) is 3.64. The van der Waals surface area contributed by atoms with Gasteiger partial charge in [-0.1, -0.05) is 19.3 Å². The van der Waals surface area contributed by atoms with E-state index in [2.05, 4.69) is 0 Å². The van der Waals surface area contributed by atoms with Gasteiger partial charge in [-0.05, 0) is 18.8 Å². The molecule has 2 nitrogen and oxygen atoms in total. The van der Waals surface area contributed by atoms with Crippen LogP contribution in [0.25, 0.3) is 0 Å². The van der Waals surface area contributed by atoms with Gasteiger partial charge in [0.05, 0.1) is 6.10 Å². The number of hydrogen-bond donors (Lipinski definition) is 2. The first kappa shape index (κ1) is 16.6. The standard InChI is InChI=1S/C11H16F6O2/c12-10(13,14)9(19,11(15,16)17)6-8(18)7-4-2-1-3-5-7/h7-8,18-19H,1-6H2. The van der Waals surface area contributed by atoms with E-state index in [0.29, 0.717) is 25.7 Å². The largest absolute Gasteiger partial charge is 0.426 e. The summed E-state index contributed by atoms with van der Waals surface area (Å²) in [7, 11) is 0. The minimum absolute atomic E-state index is 0.382. The zero-order chi connectivity index (χ0) is 14.9. The summed E-state index contributed by atoms with van der Waals surface area (Å²) in [6.07, 6.45) is -12.3. The molecule has 1 saturated carbocycles. The fraction of sp³-hybridized carbons (Fsp3) is 1.00. The molecule has 2 N–H and O–H groups in total.